The maximum absolute atomic E-state index is 10.1. The molecule has 0 aliphatic carbocycles. The molecule has 0 unspecified atom stereocenters. The van der Waals surface area contributed by atoms with Crippen molar-refractivity contribution in [3.8, 4) is 0 Å². The third-order valence-corrected chi connectivity index (χ3v) is 1.76. The number of carboxylic acid groups (broad SMARTS) is 1. The number of hydrogen-bond acceptors (Lipinski definition) is 3. The lowest BCUT2D eigenvalue weighted by Gasteiger charge is -2.02. The monoisotopic (exact) mass is 189 g/mol. The normalized spacial score (nSPS) is 10.2. The lowest BCUT2D eigenvalue weighted by atomic mass is 10.2. The van der Waals surface area contributed by atoms with Gasteiger partial charge in [-0.2, -0.15) is 0 Å². The summed E-state index contributed by atoms with van der Waals surface area (Å²) in [5, 5.41) is 20.0. The first-order valence-corrected chi connectivity index (χ1v) is 4.80. The van der Waals surface area contributed by atoms with Gasteiger partial charge in [-0.3, -0.25) is 4.79 Å². The van der Waals surface area contributed by atoms with Crippen LogP contribution in [-0.4, -0.2) is 35.9 Å². The van der Waals surface area contributed by atoms with Gasteiger partial charge in [0, 0.05) is 13.0 Å². The molecule has 78 valence electrons. The number of aliphatic carboxylic acids is 1. The van der Waals surface area contributed by atoms with Crippen molar-refractivity contribution in [3.63, 3.8) is 0 Å². The highest BCUT2D eigenvalue weighted by atomic mass is 16.4. The zero-order valence-corrected chi connectivity index (χ0v) is 7.96. The van der Waals surface area contributed by atoms with E-state index in [0.29, 0.717) is 0 Å². The number of rotatable bonds is 9. The van der Waals surface area contributed by atoms with E-state index in [2.05, 4.69) is 5.32 Å². The largest absolute Gasteiger partial charge is 0.481 e. The van der Waals surface area contributed by atoms with E-state index in [9.17, 15) is 4.79 Å². The van der Waals surface area contributed by atoms with Crippen molar-refractivity contribution >= 4 is 5.97 Å². The summed E-state index contributed by atoms with van der Waals surface area (Å²) < 4.78 is 0. The molecule has 0 rings (SSSR count). The Kier molecular flexibility index (Phi) is 9.03. The average Bonchev–Trinajstić information content (AvgIpc) is 2.09. The highest BCUT2D eigenvalue weighted by molar-refractivity contribution is 5.66. The zero-order chi connectivity index (χ0) is 9.94. The molecular formula is C9H19NO3. The maximum atomic E-state index is 10.1. The van der Waals surface area contributed by atoms with E-state index in [1.807, 2.05) is 0 Å². The molecule has 0 spiro atoms. The van der Waals surface area contributed by atoms with Crippen LogP contribution in [0.15, 0.2) is 0 Å². The van der Waals surface area contributed by atoms with Crippen LogP contribution in [0, 0.1) is 0 Å². The Morgan fingerprint density at radius 2 is 1.69 bits per heavy atom. The molecule has 0 amide bonds. The highest BCUT2D eigenvalue weighted by Crippen LogP contribution is 1.93. The van der Waals surface area contributed by atoms with E-state index in [0.717, 1.165) is 38.8 Å². The Morgan fingerprint density at radius 1 is 1.08 bits per heavy atom. The fourth-order valence-corrected chi connectivity index (χ4v) is 1.01. The predicted molar refractivity (Wildman–Crippen MR) is 50.7 cm³/mol. The van der Waals surface area contributed by atoms with Crippen LogP contribution in [0.2, 0.25) is 0 Å². The summed E-state index contributed by atoms with van der Waals surface area (Å²) in [5.41, 5.74) is 0. The number of nitrogens with one attached hydrogen (secondary N) is 1. The predicted octanol–water partition coefficient (Wildman–Crippen LogP) is 0.603. The Hall–Kier alpha value is -0.610. The minimum Gasteiger partial charge on any atom is -0.481 e. The van der Waals surface area contributed by atoms with Crippen molar-refractivity contribution < 1.29 is 15.0 Å². The minimum absolute atomic E-state index is 0.251. The van der Waals surface area contributed by atoms with Crippen molar-refractivity contribution in [2.24, 2.45) is 0 Å². The van der Waals surface area contributed by atoms with Crippen LogP contribution in [0.3, 0.4) is 0 Å². The number of aliphatic hydroxyl groups excluding tert-OH is 1. The molecule has 0 fully saturated rings. The summed E-state index contributed by atoms with van der Waals surface area (Å²) in [6.45, 7) is 2.03. The fourth-order valence-electron chi connectivity index (χ4n) is 1.01. The second-order valence-corrected chi connectivity index (χ2v) is 3.03. The Labute approximate surface area is 79.0 Å². The van der Waals surface area contributed by atoms with Gasteiger partial charge in [-0.05, 0) is 38.8 Å². The van der Waals surface area contributed by atoms with Gasteiger partial charge in [0.15, 0.2) is 0 Å². The van der Waals surface area contributed by atoms with Crippen molar-refractivity contribution in [2.45, 2.75) is 32.1 Å². The SMILES string of the molecule is O=C(O)CCCCNCCCCO. The molecule has 0 aromatic heterocycles. The molecule has 4 nitrogen and oxygen atoms in total. The number of aliphatic hydroxyl groups is 1. The van der Waals surface area contributed by atoms with Gasteiger partial charge >= 0.3 is 5.97 Å². The van der Waals surface area contributed by atoms with Crippen LogP contribution in [0.1, 0.15) is 32.1 Å². The Balaban J connectivity index is 2.87. The van der Waals surface area contributed by atoms with E-state index in [1.54, 1.807) is 0 Å². The molecule has 13 heavy (non-hydrogen) atoms. The van der Waals surface area contributed by atoms with E-state index in [-0.39, 0.29) is 13.0 Å². The van der Waals surface area contributed by atoms with Crippen LogP contribution in [0.25, 0.3) is 0 Å². The van der Waals surface area contributed by atoms with Crippen LogP contribution in [0.5, 0.6) is 0 Å². The summed E-state index contributed by atoms with van der Waals surface area (Å²) in [7, 11) is 0. The summed E-state index contributed by atoms with van der Waals surface area (Å²) in [4.78, 5) is 10.1. The Bertz CT molecular complexity index is 128. The van der Waals surface area contributed by atoms with E-state index < -0.39 is 5.97 Å². The minimum atomic E-state index is -0.722. The quantitative estimate of drug-likeness (QED) is 0.465. The van der Waals surface area contributed by atoms with Gasteiger partial charge in [-0.15, -0.1) is 0 Å². The van der Waals surface area contributed by atoms with Gasteiger partial charge in [0.2, 0.25) is 0 Å². The average molecular weight is 189 g/mol. The molecule has 0 aromatic carbocycles. The summed E-state index contributed by atoms with van der Waals surface area (Å²) >= 11 is 0. The molecule has 4 heteroatoms. The lowest BCUT2D eigenvalue weighted by molar-refractivity contribution is -0.137. The van der Waals surface area contributed by atoms with Gasteiger partial charge in [0.25, 0.3) is 0 Å². The first-order valence-electron chi connectivity index (χ1n) is 4.80. The van der Waals surface area contributed by atoms with Crippen molar-refractivity contribution in [1.29, 1.82) is 0 Å². The first kappa shape index (κ1) is 12.4. The van der Waals surface area contributed by atoms with Gasteiger partial charge in [-0.25, -0.2) is 0 Å². The molecule has 0 aliphatic rings. The fraction of sp³-hybridized carbons (Fsp3) is 0.889. The molecule has 0 saturated heterocycles. The summed E-state index contributed by atoms with van der Waals surface area (Å²) in [5.74, 6) is -0.722. The third kappa shape index (κ3) is 11.4. The van der Waals surface area contributed by atoms with Crippen molar-refractivity contribution in [3.05, 3.63) is 0 Å². The summed E-state index contributed by atoms with van der Waals surface area (Å²) in [6.07, 6.45) is 3.73. The van der Waals surface area contributed by atoms with Crippen LogP contribution < -0.4 is 5.32 Å². The maximum Gasteiger partial charge on any atom is 0.303 e. The molecule has 0 aliphatic heterocycles. The standard InChI is InChI=1S/C9H19NO3/c11-8-4-3-7-10-6-2-1-5-9(12)13/h10-11H,1-8H2,(H,12,13). The molecule has 0 heterocycles. The molecule has 0 saturated carbocycles. The van der Waals surface area contributed by atoms with E-state index in [1.165, 1.54) is 0 Å². The van der Waals surface area contributed by atoms with Crippen LogP contribution >= 0.6 is 0 Å². The number of carbonyl (C=O) groups is 1. The molecule has 0 bridgehead atoms. The van der Waals surface area contributed by atoms with Gasteiger partial charge in [0.05, 0.1) is 0 Å². The first-order chi connectivity index (χ1) is 6.27. The van der Waals surface area contributed by atoms with Gasteiger partial charge < -0.3 is 15.5 Å². The lowest BCUT2D eigenvalue weighted by Crippen LogP contribution is -2.17. The third-order valence-electron chi connectivity index (χ3n) is 1.76. The summed E-state index contributed by atoms with van der Waals surface area (Å²) in [6, 6.07) is 0. The second kappa shape index (κ2) is 9.48. The molecular weight excluding hydrogens is 170 g/mol. The molecule has 0 aromatic rings. The van der Waals surface area contributed by atoms with Crippen LogP contribution in [0.4, 0.5) is 0 Å². The topological polar surface area (TPSA) is 69.6 Å². The molecule has 0 radical (unpaired) electrons. The smallest absolute Gasteiger partial charge is 0.303 e. The molecule has 0 atom stereocenters. The van der Waals surface area contributed by atoms with E-state index in [4.69, 9.17) is 10.2 Å². The number of hydrogen-bond donors (Lipinski definition) is 3. The molecule has 3 N–H and O–H groups in total. The number of carboxylic acids is 1. The van der Waals surface area contributed by atoms with Gasteiger partial charge in [0.1, 0.15) is 0 Å². The highest BCUT2D eigenvalue weighted by Gasteiger charge is 1.95. The van der Waals surface area contributed by atoms with E-state index >= 15 is 0 Å². The van der Waals surface area contributed by atoms with Crippen molar-refractivity contribution in [1.82, 2.24) is 5.32 Å². The second-order valence-electron chi connectivity index (χ2n) is 3.03. The Morgan fingerprint density at radius 3 is 2.23 bits per heavy atom. The van der Waals surface area contributed by atoms with Crippen LogP contribution in [-0.2, 0) is 4.79 Å². The number of unbranched alkanes of at least 4 members (excludes halogenated alkanes) is 2. The van der Waals surface area contributed by atoms with Gasteiger partial charge in [-0.1, -0.05) is 0 Å². The van der Waals surface area contributed by atoms with Crippen molar-refractivity contribution in [2.75, 3.05) is 19.7 Å². The zero-order valence-electron chi connectivity index (χ0n) is 7.96.